The summed E-state index contributed by atoms with van der Waals surface area (Å²) in [6.45, 7) is 4.42. The van der Waals surface area contributed by atoms with Gasteiger partial charge in [0.2, 0.25) is 15.9 Å². The van der Waals surface area contributed by atoms with Crippen molar-refractivity contribution < 1.29 is 13.2 Å². The summed E-state index contributed by atoms with van der Waals surface area (Å²) >= 11 is 0. The van der Waals surface area contributed by atoms with Gasteiger partial charge in [-0.05, 0) is 42.7 Å². The third-order valence-electron chi connectivity index (χ3n) is 4.37. The lowest BCUT2D eigenvalue weighted by molar-refractivity contribution is -0.130. The highest BCUT2D eigenvalue weighted by Crippen LogP contribution is 2.22. The number of carbonyl (C=O) groups excluding carboxylic acids is 1. The van der Waals surface area contributed by atoms with Crippen LogP contribution in [-0.2, 0) is 21.4 Å². The lowest BCUT2D eigenvalue weighted by atomic mass is 10.1. The summed E-state index contributed by atoms with van der Waals surface area (Å²) in [5, 5.41) is 8.91. The minimum Gasteiger partial charge on any atom is -0.337 e. The van der Waals surface area contributed by atoms with Gasteiger partial charge in [-0.25, -0.2) is 8.42 Å². The molecule has 6 nitrogen and oxygen atoms in total. The lowest BCUT2D eigenvalue weighted by Crippen LogP contribution is -2.43. The van der Waals surface area contributed by atoms with Gasteiger partial charge >= 0.3 is 0 Å². The molecule has 0 saturated carbocycles. The first-order valence-corrected chi connectivity index (χ1v) is 10.9. The Labute approximate surface area is 167 Å². The minimum absolute atomic E-state index is 0.250. The number of nitriles is 1. The lowest BCUT2D eigenvalue weighted by Gasteiger charge is -2.28. The molecule has 0 radical (unpaired) electrons. The predicted octanol–water partition coefficient (Wildman–Crippen LogP) is 3.07. The van der Waals surface area contributed by atoms with E-state index in [0.717, 1.165) is 28.1 Å². The van der Waals surface area contributed by atoms with E-state index in [1.165, 1.54) is 0 Å². The summed E-state index contributed by atoms with van der Waals surface area (Å²) in [6.07, 6.45) is 1.86. The fourth-order valence-electron chi connectivity index (χ4n) is 2.91. The Kier molecular flexibility index (Phi) is 7.18. The van der Waals surface area contributed by atoms with Gasteiger partial charge in [0, 0.05) is 13.1 Å². The summed E-state index contributed by atoms with van der Waals surface area (Å²) in [7, 11) is -3.62. The number of hydrogen-bond donors (Lipinski definition) is 0. The number of carbonyl (C=O) groups is 1. The van der Waals surface area contributed by atoms with Crippen LogP contribution in [-0.4, -0.2) is 38.6 Å². The van der Waals surface area contributed by atoms with Crippen molar-refractivity contribution in [3.05, 3.63) is 65.2 Å². The highest BCUT2D eigenvalue weighted by atomic mass is 32.2. The molecule has 0 saturated heterocycles. The molecule has 7 heteroatoms. The summed E-state index contributed by atoms with van der Waals surface area (Å²) in [5.74, 6) is -0.264. The molecule has 2 aromatic rings. The zero-order valence-electron chi connectivity index (χ0n) is 16.4. The SMILES string of the molecule is CCCN(Cc1ccc(C#N)cc1)C(=O)CN(c1ccccc1C)S(C)(=O)=O. The standard InChI is InChI=1S/C21H25N3O3S/c1-4-13-23(15-19-11-9-18(14-22)10-12-19)21(25)16-24(28(3,26)27)20-8-6-5-7-17(20)2/h5-12H,4,13,15-16H2,1-3H3. The molecule has 0 unspecified atom stereocenters. The molecule has 1 amide bonds. The van der Waals surface area contributed by atoms with Crippen LogP contribution in [0.25, 0.3) is 0 Å². The Hall–Kier alpha value is -2.85. The van der Waals surface area contributed by atoms with Crippen LogP contribution in [0.5, 0.6) is 0 Å². The van der Waals surface area contributed by atoms with E-state index in [0.29, 0.717) is 24.3 Å². The molecule has 2 rings (SSSR count). The van der Waals surface area contributed by atoms with Crippen LogP contribution in [0, 0.1) is 18.3 Å². The maximum Gasteiger partial charge on any atom is 0.243 e. The molecule has 0 aliphatic carbocycles. The highest BCUT2D eigenvalue weighted by molar-refractivity contribution is 7.92. The molecule has 0 aliphatic rings. The number of nitrogens with zero attached hydrogens (tertiary/aromatic N) is 3. The minimum atomic E-state index is -3.62. The number of sulfonamides is 1. The molecule has 0 N–H and O–H groups in total. The molecule has 0 bridgehead atoms. The molecule has 0 spiro atoms. The van der Waals surface area contributed by atoms with E-state index < -0.39 is 10.0 Å². The molecule has 28 heavy (non-hydrogen) atoms. The van der Waals surface area contributed by atoms with Crippen LogP contribution < -0.4 is 4.31 Å². The van der Waals surface area contributed by atoms with E-state index in [2.05, 4.69) is 6.07 Å². The van der Waals surface area contributed by atoms with Crippen LogP contribution in [0.1, 0.15) is 30.0 Å². The van der Waals surface area contributed by atoms with Gasteiger partial charge in [-0.3, -0.25) is 9.10 Å². The first-order valence-electron chi connectivity index (χ1n) is 9.06. The third kappa shape index (κ3) is 5.57. The first-order chi connectivity index (χ1) is 13.3. The highest BCUT2D eigenvalue weighted by Gasteiger charge is 2.25. The molecule has 0 aromatic heterocycles. The van der Waals surface area contributed by atoms with E-state index in [4.69, 9.17) is 5.26 Å². The van der Waals surface area contributed by atoms with E-state index in [1.807, 2.05) is 38.1 Å². The van der Waals surface area contributed by atoms with Crippen molar-refractivity contribution in [2.45, 2.75) is 26.8 Å². The van der Waals surface area contributed by atoms with Gasteiger partial charge in [0.1, 0.15) is 6.54 Å². The van der Waals surface area contributed by atoms with E-state index in [1.54, 1.807) is 29.2 Å². The average Bonchev–Trinajstić information content (AvgIpc) is 2.66. The van der Waals surface area contributed by atoms with Crippen molar-refractivity contribution in [1.82, 2.24) is 4.90 Å². The maximum atomic E-state index is 13.0. The molecule has 0 fully saturated rings. The zero-order chi connectivity index (χ0) is 20.7. The number of para-hydroxylation sites is 1. The van der Waals surface area contributed by atoms with Gasteiger partial charge in [0.05, 0.1) is 23.6 Å². The smallest absolute Gasteiger partial charge is 0.243 e. The zero-order valence-corrected chi connectivity index (χ0v) is 17.2. The van der Waals surface area contributed by atoms with Gasteiger partial charge in [-0.15, -0.1) is 0 Å². The number of amides is 1. The molecule has 0 aliphatic heterocycles. The Bertz CT molecular complexity index is 963. The third-order valence-corrected chi connectivity index (χ3v) is 5.49. The van der Waals surface area contributed by atoms with Gasteiger partial charge in [-0.1, -0.05) is 37.3 Å². The predicted molar refractivity (Wildman–Crippen MR) is 110 cm³/mol. The number of rotatable bonds is 8. The van der Waals surface area contributed by atoms with Gasteiger partial charge in [0.15, 0.2) is 0 Å². The topological polar surface area (TPSA) is 81.5 Å². The van der Waals surface area contributed by atoms with Gasteiger partial charge < -0.3 is 4.90 Å². The average molecular weight is 400 g/mol. The summed E-state index contributed by atoms with van der Waals surface area (Å²) in [4.78, 5) is 14.6. The Morgan fingerprint density at radius 1 is 1.11 bits per heavy atom. The number of anilines is 1. The Morgan fingerprint density at radius 3 is 2.29 bits per heavy atom. The normalized spacial score (nSPS) is 10.9. The number of hydrogen-bond acceptors (Lipinski definition) is 4. The van der Waals surface area contributed by atoms with Gasteiger partial charge in [-0.2, -0.15) is 5.26 Å². The van der Waals surface area contributed by atoms with Crippen molar-refractivity contribution in [1.29, 1.82) is 5.26 Å². The molecule has 2 aromatic carbocycles. The second-order valence-electron chi connectivity index (χ2n) is 6.68. The molecule has 0 heterocycles. The maximum absolute atomic E-state index is 13.0. The van der Waals surface area contributed by atoms with Crippen LogP contribution >= 0.6 is 0 Å². The monoisotopic (exact) mass is 399 g/mol. The Morgan fingerprint density at radius 2 is 1.75 bits per heavy atom. The van der Waals surface area contributed by atoms with Crippen molar-refractivity contribution in [2.24, 2.45) is 0 Å². The fourth-order valence-corrected chi connectivity index (χ4v) is 3.82. The van der Waals surface area contributed by atoms with Crippen molar-refractivity contribution in [2.75, 3.05) is 23.7 Å². The van der Waals surface area contributed by atoms with Gasteiger partial charge in [0.25, 0.3) is 0 Å². The van der Waals surface area contributed by atoms with Crippen molar-refractivity contribution in [3.8, 4) is 6.07 Å². The Balaban J connectivity index is 2.25. The van der Waals surface area contributed by atoms with Crippen molar-refractivity contribution in [3.63, 3.8) is 0 Å². The van der Waals surface area contributed by atoms with E-state index in [9.17, 15) is 13.2 Å². The quantitative estimate of drug-likeness (QED) is 0.683. The van der Waals surface area contributed by atoms with Crippen LogP contribution in [0.15, 0.2) is 48.5 Å². The summed E-state index contributed by atoms with van der Waals surface area (Å²) < 4.78 is 25.9. The van der Waals surface area contributed by atoms with Crippen LogP contribution in [0.3, 0.4) is 0 Å². The number of aryl methyl sites for hydroxylation is 1. The van der Waals surface area contributed by atoms with E-state index in [-0.39, 0.29) is 12.5 Å². The molecular weight excluding hydrogens is 374 g/mol. The fraction of sp³-hybridized carbons (Fsp3) is 0.333. The summed E-state index contributed by atoms with van der Waals surface area (Å²) in [5.41, 5.74) is 2.74. The molecule has 0 atom stereocenters. The summed E-state index contributed by atoms with van der Waals surface area (Å²) in [6, 6.07) is 16.2. The van der Waals surface area contributed by atoms with Crippen LogP contribution in [0.4, 0.5) is 5.69 Å². The van der Waals surface area contributed by atoms with E-state index >= 15 is 0 Å². The largest absolute Gasteiger partial charge is 0.337 e. The molecule has 148 valence electrons. The second-order valence-corrected chi connectivity index (χ2v) is 8.59. The first kappa shape index (κ1) is 21.5. The van der Waals surface area contributed by atoms with Crippen molar-refractivity contribution >= 4 is 21.6 Å². The van der Waals surface area contributed by atoms with Crippen LogP contribution in [0.2, 0.25) is 0 Å². The number of benzene rings is 2. The second kappa shape index (κ2) is 9.38. The molecular formula is C21H25N3O3S.